The first-order chi connectivity index (χ1) is 13.7. The Balaban J connectivity index is 1.69. The van der Waals surface area contributed by atoms with Gasteiger partial charge in [-0.25, -0.2) is 4.68 Å². The van der Waals surface area contributed by atoms with E-state index in [0.717, 1.165) is 21.9 Å². The summed E-state index contributed by atoms with van der Waals surface area (Å²) in [5.41, 5.74) is 1.57. The minimum absolute atomic E-state index is 0.0514. The summed E-state index contributed by atoms with van der Waals surface area (Å²) in [5.74, 6) is 0.972. The number of aromatic nitrogens is 2. The number of fused-ring (bicyclic) bond motifs is 1. The van der Waals surface area contributed by atoms with E-state index in [1.807, 2.05) is 54.6 Å². The molecule has 0 N–H and O–H groups in total. The quantitative estimate of drug-likeness (QED) is 0.400. The molecule has 0 unspecified atom stereocenters. The van der Waals surface area contributed by atoms with E-state index in [2.05, 4.69) is 5.10 Å². The molecule has 0 aliphatic heterocycles. The van der Waals surface area contributed by atoms with Crippen molar-refractivity contribution in [3.63, 3.8) is 0 Å². The summed E-state index contributed by atoms with van der Waals surface area (Å²) >= 11 is 12.0. The highest BCUT2D eigenvalue weighted by Crippen LogP contribution is 2.26. The zero-order valence-electron chi connectivity index (χ0n) is 14.8. The third kappa shape index (κ3) is 3.75. The lowest BCUT2D eigenvalue weighted by Crippen LogP contribution is -2.24. The van der Waals surface area contributed by atoms with Gasteiger partial charge in [-0.3, -0.25) is 4.79 Å². The molecule has 0 spiro atoms. The topological polar surface area (TPSA) is 44.1 Å². The van der Waals surface area contributed by atoms with Crippen molar-refractivity contribution in [1.82, 2.24) is 9.78 Å². The van der Waals surface area contributed by atoms with Gasteiger partial charge in [-0.2, -0.15) is 5.10 Å². The molecular formula is C22H16Cl2N2O2. The molecule has 0 radical (unpaired) electrons. The van der Waals surface area contributed by atoms with E-state index in [1.165, 1.54) is 10.9 Å². The Labute approximate surface area is 171 Å². The number of rotatable bonds is 5. The van der Waals surface area contributed by atoms with Gasteiger partial charge in [0.05, 0.1) is 12.7 Å². The van der Waals surface area contributed by atoms with Crippen molar-refractivity contribution in [3.8, 4) is 11.5 Å². The molecule has 140 valence electrons. The predicted molar refractivity (Wildman–Crippen MR) is 113 cm³/mol. The van der Waals surface area contributed by atoms with Gasteiger partial charge in [0, 0.05) is 5.88 Å². The monoisotopic (exact) mass is 410 g/mol. The first-order valence-corrected chi connectivity index (χ1v) is 9.62. The summed E-state index contributed by atoms with van der Waals surface area (Å²) in [6.07, 6.45) is 1.43. The molecule has 0 aliphatic carbocycles. The first-order valence-electron chi connectivity index (χ1n) is 8.71. The van der Waals surface area contributed by atoms with E-state index in [-0.39, 0.29) is 16.3 Å². The van der Waals surface area contributed by atoms with Gasteiger partial charge >= 0.3 is 5.56 Å². The molecule has 0 atom stereocenters. The standard InChI is InChI=1S/C22H16Cl2N2O2/c23-12-15-8-10-18(11-9-15)28-21-20(24)13-25-26(22(21)27)14-17-6-3-5-16-4-1-2-7-19(16)17/h1-11,13H,12,14H2. The van der Waals surface area contributed by atoms with Gasteiger partial charge in [0.15, 0.2) is 0 Å². The van der Waals surface area contributed by atoms with E-state index < -0.39 is 0 Å². The molecule has 0 fully saturated rings. The highest BCUT2D eigenvalue weighted by Gasteiger charge is 2.14. The zero-order chi connectivity index (χ0) is 19.5. The second kappa shape index (κ2) is 8.05. The minimum Gasteiger partial charge on any atom is -0.450 e. The van der Waals surface area contributed by atoms with Crippen LogP contribution in [0.15, 0.2) is 77.7 Å². The Hall–Kier alpha value is -2.82. The number of ether oxygens (including phenoxy) is 1. The van der Waals surface area contributed by atoms with Crippen LogP contribution in [0.2, 0.25) is 5.02 Å². The summed E-state index contributed by atoms with van der Waals surface area (Å²) in [7, 11) is 0. The maximum atomic E-state index is 12.9. The fourth-order valence-corrected chi connectivity index (χ4v) is 3.35. The van der Waals surface area contributed by atoms with E-state index in [4.69, 9.17) is 27.9 Å². The summed E-state index contributed by atoms with van der Waals surface area (Å²) in [4.78, 5) is 12.9. The van der Waals surface area contributed by atoms with Gasteiger partial charge < -0.3 is 4.74 Å². The molecule has 6 heteroatoms. The Morgan fingerprint density at radius 3 is 2.50 bits per heavy atom. The van der Waals surface area contributed by atoms with E-state index in [9.17, 15) is 4.79 Å². The number of hydrogen-bond acceptors (Lipinski definition) is 3. The molecule has 4 rings (SSSR count). The van der Waals surface area contributed by atoms with Gasteiger partial charge in [0.25, 0.3) is 0 Å². The molecule has 1 heterocycles. The number of hydrogen-bond donors (Lipinski definition) is 0. The number of halogens is 2. The number of benzene rings is 3. The Bertz CT molecular complexity index is 1180. The normalized spacial score (nSPS) is 10.9. The molecule has 4 aromatic rings. The van der Waals surface area contributed by atoms with Gasteiger partial charge in [0.1, 0.15) is 10.8 Å². The lowest BCUT2D eigenvalue weighted by Gasteiger charge is -2.11. The van der Waals surface area contributed by atoms with Crippen LogP contribution in [-0.4, -0.2) is 9.78 Å². The summed E-state index contributed by atoms with van der Waals surface area (Å²) in [6.45, 7) is 0.318. The lowest BCUT2D eigenvalue weighted by atomic mass is 10.0. The van der Waals surface area contributed by atoms with Gasteiger partial charge in [-0.05, 0) is 34.0 Å². The van der Waals surface area contributed by atoms with Crippen LogP contribution in [0.5, 0.6) is 11.5 Å². The van der Waals surface area contributed by atoms with Gasteiger partial charge in [0.2, 0.25) is 5.75 Å². The summed E-state index contributed by atoms with van der Waals surface area (Å²) < 4.78 is 7.11. The second-order valence-electron chi connectivity index (χ2n) is 6.30. The maximum Gasteiger partial charge on any atom is 0.311 e. The fourth-order valence-electron chi connectivity index (χ4n) is 3.01. The third-order valence-electron chi connectivity index (χ3n) is 4.45. The van der Waals surface area contributed by atoms with Crippen LogP contribution in [-0.2, 0) is 12.4 Å². The van der Waals surface area contributed by atoms with Crippen LogP contribution in [0.1, 0.15) is 11.1 Å². The van der Waals surface area contributed by atoms with Crippen molar-refractivity contribution >= 4 is 34.0 Å². The number of nitrogens with zero attached hydrogens (tertiary/aromatic N) is 2. The minimum atomic E-state index is -0.387. The third-order valence-corrected chi connectivity index (χ3v) is 5.03. The van der Waals surface area contributed by atoms with Crippen molar-refractivity contribution in [2.24, 2.45) is 0 Å². The first kappa shape index (κ1) is 18.5. The molecule has 0 saturated carbocycles. The van der Waals surface area contributed by atoms with Crippen molar-refractivity contribution in [2.75, 3.05) is 0 Å². The average molecular weight is 411 g/mol. The van der Waals surface area contributed by atoms with Crippen LogP contribution >= 0.6 is 23.2 Å². The van der Waals surface area contributed by atoms with Crippen molar-refractivity contribution in [1.29, 1.82) is 0 Å². The highest BCUT2D eigenvalue weighted by atomic mass is 35.5. The van der Waals surface area contributed by atoms with Crippen molar-refractivity contribution in [2.45, 2.75) is 12.4 Å². The zero-order valence-corrected chi connectivity index (χ0v) is 16.3. The van der Waals surface area contributed by atoms with Crippen LogP contribution in [0, 0.1) is 0 Å². The van der Waals surface area contributed by atoms with Crippen LogP contribution in [0.4, 0.5) is 0 Å². The fraction of sp³-hybridized carbons (Fsp3) is 0.0909. The molecule has 0 amide bonds. The molecule has 28 heavy (non-hydrogen) atoms. The smallest absolute Gasteiger partial charge is 0.311 e. The van der Waals surface area contributed by atoms with Crippen LogP contribution in [0.3, 0.4) is 0 Å². The van der Waals surface area contributed by atoms with E-state index >= 15 is 0 Å². The van der Waals surface area contributed by atoms with Gasteiger partial charge in [-0.15, -0.1) is 11.6 Å². The summed E-state index contributed by atoms with van der Waals surface area (Å²) in [6, 6.07) is 21.2. The Morgan fingerprint density at radius 2 is 1.71 bits per heavy atom. The molecule has 0 aliphatic rings. The second-order valence-corrected chi connectivity index (χ2v) is 6.98. The number of alkyl halides is 1. The summed E-state index contributed by atoms with van der Waals surface area (Å²) in [5, 5.41) is 6.54. The Kier molecular flexibility index (Phi) is 5.33. The van der Waals surface area contributed by atoms with E-state index in [1.54, 1.807) is 12.1 Å². The average Bonchev–Trinajstić information content (AvgIpc) is 2.74. The predicted octanol–water partition coefficient (Wildman–Crippen LogP) is 5.63. The Morgan fingerprint density at radius 1 is 0.964 bits per heavy atom. The van der Waals surface area contributed by atoms with Crippen LogP contribution in [0.25, 0.3) is 10.8 Å². The lowest BCUT2D eigenvalue weighted by molar-refractivity contribution is 0.459. The largest absolute Gasteiger partial charge is 0.450 e. The molecule has 0 bridgehead atoms. The van der Waals surface area contributed by atoms with Crippen molar-refractivity contribution < 1.29 is 4.74 Å². The SMILES string of the molecule is O=c1c(Oc2ccc(CCl)cc2)c(Cl)cnn1Cc1cccc2ccccc12. The molecule has 0 saturated heterocycles. The highest BCUT2D eigenvalue weighted by molar-refractivity contribution is 6.31. The molecule has 3 aromatic carbocycles. The maximum absolute atomic E-state index is 12.9. The molecule has 4 nitrogen and oxygen atoms in total. The molecular weight excluding hydrogens is 395 g/mol. The van der Waals surface area contributed by atoms with E-state index in [0.29, 0.717) is 18.2 Å². The van der Waals surface area contributed by atoms with Gasteiger partial charge in [-0.1, -0.05) is 66.2 Å². The van der Waals surface area contributed by atoms with Crippen molar-refractivity contribution in [3.05, 3.63) is 99.4 Å². The van der Waals surface area contributed by atoms with Crippen LogP contribution < -0.4 is 10.3 Å². The molecule has 1 aromatic heterocycles.